The van der Waals surface area contributed by atoms with Gasteiger partial charge in [-0.15, -0.1) is 0 Å². The molecule has 0 unspecified atom stereocenters. The molecule has 0 bridgehead atoms. The molecule has 0 fully saturated rings. The average molecular weight is 270 g/mol. The van der Waals surface area contributed by atoms with E-state index in [9.17, 15) is 14.7 Å². The predicted molar refractivity (Wildman–Crippen MR) is 74.9 cm³/mol. The molecule has 0 spiro atoms. The van der Waals surface area contributed by atoms with Crippen LogP contribution in [-0.4, -0.2) is 24.0 Å². The van der Waals surface area contributed by atoms with Gasteiger partial charge in [0.05, 0.1) is 17.7 Å². The highest BCUT2D eigenvalue weighted by molar-refractivity contribution is 5.90. The minimum Gasteiger partial charge on any atom is -0.507 e. The average Bonchev–Trinajstić information content (AvgIpc) is 2.47. The SMILES string of the molecule is CCOC(=O)c1ccc(-c2ccc(C=O)c(O)c2)cc1. The lowest BCUT2D eigenvalue weighted by atomic mass is 10.0. The Kier molecular flexibility index (Phi) is 4.15. The maximum atomic E-state index is 11.5. The highest BCUT2D eigenvalue weighted by Crippen LogP contribution is 2.26. The number of aldehydes is 1. The van der Waals surface area contributed by atoms with Crippen LogP contribution in [0.4, 0.5) is 0 Å². The first-order chi connectivity index (χ1) is 9.65. The summed E-state index contributed by atoms with van der Waals surface area (Å²) >= 11 is 0. The second-order valence-electron chi connectivity index (χ2n) is 4.19. The van der Waals surface area contributed by atoms with E-state index >= 15 is 0 Å². The van der Waals surface area contributed by atoms with Gasteiger partial charge in [-0.3, -0.25) is 4.79 Å². The number of phenols is 1. The van der Waals surface area contributed by atoms with Crippen LogP contribution >= 0.6 is 0 Å². The van der Waals surface area contributed by atoms with Gasteiger partial charge in [0.25, 0.3) is 0 Å². The molecule has 0 saturated carbocycles. The summed E-state index contributed by atoms with van der Waals surface area (Å²) in [7, 11) is 0. The van der Waals surface area contributed by atoms with Crippen molar-refractivity contribution in [2.24, 2.45) is 0 Å². The highest BCUT2D eigenvalue weighted by atomic mass is 16.5. The largest absolute Gasteiger partial charge is 0.507 e. The monoisotopic (exact) mass is 270 g/mol. The predicted octanol–water partition coefficient (Wildman–Crippen LogP) is 3.05. The van der Waals surface area contributed by atoms with E-state index in [0.717, 1.165) is 11.1 Å². The van der Waals surface area contributed by atoms with Crippen LogP contribution in [0.25, 0.3) is 11.1 Å². The minimum atomic E-state index is -0.363. The van der Waals surface area contributed by atoms with Crippen molar-refractivity contribution in [1.82, 2.24) is 0 Å². The Morgan fingerprint density at radius 3 is 2.35 bits per heavy atom. The second kappa shape index (κ2) is 6.02. The summed E-state index contributed by atoms with van der Waals surface area (Å²) < 4.78 is 4.91. The number of aromatic hydroxyl groups is 1. The maximum Gasteiger partial charge on any atom is 0.338 e. The zero-order chi connectivity index (χ0) is 14.5. The van der Waals surface area contributed by atoms with Gasteiger partial charge in [-0.25, -0.2) is 4.79 Å². The molecule has 0 radical (unpaired) electrons. The number of hydrogen-bond acceptors (Lipinski definition) is 4. The normalized spacial score (nSPS) is 10.1. The molecule has 0 aliphatic heterocycles. The summed E-state index contributed by atoms with van der Waals surface area (Å²) in [5, 5.41) is 9.66. The molecule has 2 aromatic carbocycles. The quantitative estimate of drug-likeness (QED) is 0.685. The molecule has 0 saturated heterocycles. The molecule has 1 N–H and O–H groups in total. The fourth-order valence-electron chi connectivity index (χ4n) is 1.84. The lowest BCUT2D eigenvalue weighted by Crippen LogP contribution is -2.03. The van der Waals surface area contributed by atoms with Gasteiger partial charge in [-0.05, 0) is 42.3 Å². The van der Waals surface area contributed by atoms with Crippen LogP contribution in [0.5, 0.6) is 5.75 Å². The Morgan fingerprint density at radius 1 is 1.15 bits per heavy atom. The van der Waals surface area contributed by atoms with Crippen LogP contribution in [0.15, 0.2) is 42.5 Å². The Labute approximate surface area is 116 Å². The van der Waals surface area contributed by atoms with E-state index in [1.54, 1.807) is 43.3 Å². The van der Waals surface area contributed by atoms with Crippen molar-refractivity contribution in [3.63, 3.8) is 0 Å². The van der Waals surface area contributed by atoms with Gasteiger partial charge in [-0.2, -0.15) is 0 Å². The number of carbonyl (C=O) groups is 2. The number of hydrogen-bond donors (Lipinski definition) is 1. The van der Waals surface area contributed by atoms with Crippen molar-refractivity contribution >= 4 is 12.3 Å². The van der Waals surface area contributed by atoms with Gasteiger partial charge in [0.15, 0.2) is 6.29 Å². The second-order valence-corrected chi connectivity index (χ2v) is 4.19. The molecular weight excluding hydrogens is 256 g/mol. The van der Waals surface area contributed by atoms with Crippen molar-refractivity contribution in [2.75, 3.05) is 6.61 Å². The third-order valence-corrected chi connectivity index (χ3v) is 2.89. The van der Waals surface area contributed by atoms with Gasteiger partial charge < -0.3 is 9.84 Å². The fourth-order valence-corrected chi connectivity index (χ4v) is 1.84. The first-order valence-corrected chi connectivity index (χ1v) is 6.21. The van der Waals surface area contributed by atoms with Crippen LogP contribution in [0.2, 0.25) is 0 Å². The lowest BCUT2D eigenvalue weighted by Gasteiger charge is -2.06. The zero-order valence-electron chi connectivity index (χ0n) is 11.0. The standard InChI is InChI=1S/C16H14O4/c1-2-20-16(19)12-5-3-11(4-6-12)13-7-8-14(10-17)15(18)9-13/h3-10,18H,2H2,1H3. The molecular formula is C16H14O4. The number of phenolic OH excluding ortho intramolecular Hbond substituents is 1. The van der Waals surface area contributed by atoms with Gasteiger partial charge >= 0.3 is 5.97 Å². The first-order valence-electron chi connectivity index (χ1n) is 6.21. The Hall–Kier alpha value is -2.62. The van der Waals surface area contributed by atoms with E-state index in [4.69, 9.17) is 4.74 Å². The molecule has 0 amide bonds. The van der Waals surface area contributed by atoms with E-state index in [1.165, 1.54) is 6.07 Å². The van der Waals surface area contributed by atoms with Gasteiger partial charge in [0.2, 0.25) is 0 Å². The molecule has 0 atom stereocenters. The van der Waals surface area contributed by atoms with Crippen molar-refractivity contribution in [1.29, 1.82) is 0 Å². The van der Waals surface area contributed by atoms with E-state index < -0.39 is 0 Å². The van der Waals surface area contributed by atoms with E-state index in [0.29, 0.717) is 18.5 Å². The van der Waals surface area contributed by atoms with Gasteiger partial charge in [-0.1, -0.05) is 18.2 Å². The Balaban J connectivity index is 2.28. The fraction of sp³-hybridized carbons (Fsp3) is 0.125. The molecule has 4 nitrogen and oxygen atoms in total. The number of esters is 1. The lowest BCUT2D eigenvalue weighted by molar-refractivity contribution is 0.0526. The van der Waals surface area contributed by atoms with Crippen molar-refractivity contribution in [3.8, 4) is 16.9 Å². The van der Waals surface area contributed by atoms with Crippen molar-refractivity contribution in [3.05, 3.63) is 53.6 Å². The Bertz CT molecular complexity index is 629. The van der Waals surface area contributed by atoms with Crippen LogP contribution in [0.3, 0.4) is 0 Å². The maximum absolute atomic E-state index is 11.5. The number of rotatable bonds is 4. The summed E-state index contributed by atoms with van der Waals surface area (Å²) in [5.74, 6) is -0.426. The number of ether oxygens (including phenoxy) is 1. The molecule has 20 heavy (non-hydrogen) atoms. The Morgan fingerprint density at radius 2 is 1.80 bits per heavy atom. The molecule has 0 aliphatic rings. The number of carbonyl (C=O) groups excluding carboxylic acids is 2. The smallest absolute Gasteiger partial charge is 0.338 e. The molecule has 4 heteroatoms. The van der Waals surface area contributed by atoms with Gasteiger partial charge in [0.1, 0.15) is 5.75 Å². The summed E-state index contributed by atoms with van der Waals surface area (Å²) in [6.07, 6.45) is 0.600. The summed E-state index contributed by atoms with van der Waals surface area (Å²) in [6, 6.07) is 11.7. The van der Waals surface area contributed by atoms with Crippen molar-refractivity contribution < 1.29 is 19.4 Å². The first kappa shape index (κ1) is 13.8. The van der Waals surface area contributed by atoms with E-state index in [1.807, 2.05) is 0 Å². The van der Waals surface area contributed by atoms with E-state index in [-0.39, 0.29) is 17.3 Å². The topological polar surface area (TPSA) is 63.6 Å². The minimum absolute atomic E-state index is 0.0630. The van der Waals surface area contributed by atoms with Crippen LogP contribution in [-0.2, 0) is 4.74 Å². The van der Waals surface area contributed by atoms with Crippen LogP contribution in [0, 0.1) is 0 Å². The summed E-state index contributed by atoms with van der Waals surface area (Å²) in [6.45, 7) is 2.09. The molecule has 0 aliphatic carbocycles. The summed E-state index contributed by atoms with van der Waals surface area (Å²) in [4.78, 5) is 22.2. The third kappa shape index (κ3) is 2.85. The third-order valence-electron chi connectivity index (χ3n) is 2.89. The van der Waals surface area contributed by atoms with Gasteiger partial charge in [0, 0.05) is 0 Å². The zero-order valence-corrected chi connectivity index (χ0v) is 11.0. The molecule has 2 aromatic rings. The molecule has 2 rings (SSSR count). The van der Waals surface area contributed by atoms with E-state index in [2.05, 4.69) is 0 Å². The molecule has 0 heterocycles. The molecule has 102 valence electrons. The highest BCUT2D eigenvalue weighted by Gasteiger charge is 2.07. The number of benzene rings is 2. The van der Waals surface area contributed by atoms with Crippen LogP contribution in [0.1, 0.15) is 27.6 Å². The van der Waals surface area contributed by atoms with Crippen LogP contribution < -0.4 is 0 Å². The van der Waals surface area contributed by atoms with Crippen molar-refractivity contribution in [2.45, 2.75) is 6.92 Å². The summed E-state index contributed by atoms with van der Waals surface area (Å²) in [5.41, 5.74) is 2.33. The molecule has 0 aromatic heterocycles.